The van der Waals surface area contributed by atoms with Crippen LogP contribution in [0.5, 0.6) is 0 Å². The van der Waals surface area contributed by atoms with Gasteiger partial charge in [0.15, 0.2) is 0 Å². The van der Waals surface area contributed by atoms with Crippen molar-refractivity contribution in [2.45, 2.75) is 13.8 Å². The summed E-state index contributed by atoms with van der Waals surface area (Å²) >= 11 is 0. The Balaban J connectivity index is 0.000000320. The zero-order valence-corrected chi connectivity index (χ0v) is 4.72. The predicted octanol–water partition coefficient (Wildman–Crippen LogP) is 1.20. The van der Waals surface area contributed by atoms with Gasteiger partial charge in [0.05, 0.1) is 0 Å². The maximum atomic E-state index is 2.43. The van der Waals surface area contributed by atoms with Crippen molar-refractivity contribution in [1.82, 2.24) is 4.90 Å². The van der Waals surface area contributed by atoms with E-state index in [9.17, 15) is 0 Å². The van der Waals surface area contributed by atoms with Gasteiger partial charge in [0.1, 0.15) is 0 Å². The molecule has 1 aliphatic carbocycles. The van der Waals surface area contributed by atoms with Crippen LogP contribution in [0, 0.1) is 11.8 Å². The van der Waals surface area contributed by atoms with Gasteiger partial charge in [-0.05, 0) is 25.3 Å². The monoisotopic (exact) mass is 113 g/mol. The molecule has 1 saturated heterocycles. The van der Waals surface area contributed by atoms with Crippen molar-refractivity contribution >= 4 is 0 Å². The topological polar surface area (TPSA) is 3.24 Å². The zero-order chi connectivity index (χ0) is 4.85. The fourth-order valence-electron chi connectivity index (χ4n) is 1.63. The van der Waals surface area contributed by atoms with Crippen LogP contribution in [-0.4, -0.2) is 25.0 Å². The van der Waals surface area contributed by atoms with E-state index in [0.29, 0.717) is 0 Å². The Morgan fingerprint density at radius 2 is 1.75 bits per heavy atom. The summed E-state index contributed by atoms with van der Waals surface area (Å²) in [6.07, 6.45) is 1.53. The van der Waals surface area contributed by atoms with Crippen LogP contribution >= 0.6 is 0 Å². The molecular weight excluding hydrogens is 98.1 g/mol. The van der Waals surface area contributed by atoms with Crippen LogP contribution < -0.4 is 0 Å². The fourth-order valence-corrected chi connectivity index (χ4v) is 1.63. The Morgan fingerprint density at radius 3 is 2.00 bits per heavy atom. The maximum absolute atomic E-state index is 2.43. The minimum Gasteiger partial charge on any atom is -0.306 e. The van der Waals surface area contributed by atoms with E-state index >= 15 is 0 Å². The molecule has 1 nitrogen and oxygen atoms in total. The lowest BCUT2D eigenvalue weighted by molar-refractivity contribution is 0.373. The number of piperidine rings is 1. The van der Waals surface area contributed by atoms with Gasteiger partial charge in [0.25, 0.3) is 0 Å². The molecule has 0 radical (unpaired) electrons. The lowest BCUT2D eigenvalue weighted by Gasteiger charge is -2.06. The van der Waals surface area contributed by atoms with Crippen LogP contribution in [-0.2, 0) is 0 Å². The molecule has 1 saturated carbocycles. The summed E-state index contributed by atoms with van der Waals surface area (Å²) in [4.78, 5) is 2.43. The molecular formula is C7H15N. The second-order valence-corrected chi connectivity index (χ2v) is 2.98. The molecule has 2 fully saturated rings. The number of hydrogen-bond donors (Lipinski definition) is 0. The second-order valence-electron chi connectivity index (χ2n) is 2.98. The first kappa shape index (κ1) is 6.09. The molecule has 0 aromatic carbocycles. The molecule has 0 aromatic heterocycles. The van der Waals surface area contributed by atoms with Crippen molar-refractivity contribution in [3.63, 3.8) is 0 Å². The average molecular weight is 113 g/mol. The number of fused-ring (bicyclic) bond motifs is 1. The number of likely N-dealkylation sites (tertiary alicyclic amines) is 1. The van der Waals surface area contributed by atoms with Crippen LogP contribution in [0.4, 0.5) is 0 Å². The summed E-state index contributed by atoms with van der Waals surface area (Å²) in [5, 5.41) is 0. The molecule has 2 atom stereocenters. The highest BCUT2D eigenvalue weighted by Gasteiger charge is 2.43. The Labute approximate surface area is 51.7 Å². The molecule has 2 rings (SSSR count). The van der Waals surface area contributed by atoms with Crippen molar-refractivity contribution in [1.29, 1.82) is 0 Å². The highest BCUT2D eigenvalue weighted by atomic mass is 15.1. The molecule has 0 bridgehead atoms. The van der Waals surface area contributed by atoms with E-state index in [1.54, 1.807) is 0 Å². The van der Waals surface area contributed by atoms with Crippen molar-refractivity contribution < 1.29 is 0 Å². The molecule has 2 unspecified atom stereocenters. The summed E-state index contributed by atoms with van der Waals surface area (Å²) in [6, 6.07) is 0. The van der Waals surface area contributed by atoms with Gasteiger partial charge in [-0.3, -0.25) is 0 Å². The van der Waals surface area contributed by atoms with Crippen LogP contribution in [0.15, 0.2) is 0 Å². The third-order valence-electron chi connectivity index (χ3n) is 2.16. The number of nitrogens with zero attached hydrogens (tertiary/aromatic N) is 1. The van der Waals surface area contributed by atoms with Crippen molar-refractivity contribution in [2.24, 2.45) is 11.8 Å². The van der Waals surface area contributed by atoms with E-state index < -0.39 is 0 Å². The van der Waals surface area contributed by atoms with Gasteiger partial charge < -0.3 is 4.90 Å². The molecule has 1 heteroatoms. The van der Waals surface area contributed by atoms with Crippen molar-refractivity contribution in [3.05, 3.63) is 0 Å². The zero-order valence-electron chi connectivity index (χ0n) is 4.72. The fraction of sp³-hybridized carbons (Fsp3) is 1.00. The molecule has 1 aliphatic heterocycles. The number of rotatable bonds is 0. The predicted molar refractivity (Wildman–Crippen MR) is 35.8 cm³/mol. The minimum atomic E-state index is 0. The third-order valence-corrected chi connectivity index (χ3v) is 2.16. The van der Waals surface area contributed by atoms with Crippen LogP contribution in [0.25, 0.3) is 0 Å². The van der Waals surface area contributed by atoms with Gasteiger partial charge in [0, 0.05) is 13.1 Å². The molecule has 1 heterocycles. The summed E-state index contributed by atoms with van der Waals surface area (Å²) in [6.45, 7) is 2.76. The second kappa shape index (κ2) is 1.73. The lowest BCUT2D eigenvalue weighted by Crippen LogP contribution is -2.15. The van der Waals surface area contributed by atoms with Crippen LogP contribution in [0.3, 0.4) is 0 Å². The van der Waals surface area contributed by atoms with E-state index in [4.69, 9.17) is 0 Å². The molecule has 2 aliphatic rings. The molecule has 0 N–H and O–H groups in total. The smallest absolute Gasteiger partial charge is 0.000997 e. The van der Waals surface area contributed by atoms with Gasteiger partial charge in [-0.25, -0.2) is 0 Å². The normalized spacial score (nSPS) is 43.1. The standard InChI is InChI=1S/C6H11N.CH4/c1-7-3-5-2-6(5)4-7;/h5-6H,2-4H2,1H3;1H4. The van der Waals surface area contributed by atoms with E-state index in [2.05, 4.69) is 11.9 Å². The van der Waals surface area contributed by atoms with E-state index in [0.717, 1.165) is 11.8 Å². The minimum absolute atomic E-state index is 0. The lowest BCUT2D eigenvalue weighted by atomic mass is 10.4. The molecule has 0 spiro atoms. The third kappa shape index (κ3) is 0.752. The summed E-state index contributed by atoms with van der Waals surface area (Å²) in [5.41, 5.74) is 0. The quantitative estimate of drug-likeness (QED) is 0.456. The summed E-state index contributed by atoms with van der Waals surface area (Å²) < 4.78 is 0. The van der Waals surface area contributed by atoms with Crippen molar-refractivity contribution in [3.8, 4) is 0 Å². The Hall–Kier alpha value is -0.0400. The van der Waals surface area contributed by atoms with Crippen LogP contribution in [0.1, 0.15) is 13.8 Å². The number of hydrogen-bond acceptors (Lipinski definition) is 1. The Bertz CT molecular complexity index is 80.4. The molecule has 48 valence electrons. The average Bonchev–Trinajstić information content (AvgIpc) is 2.15. The van der Waals surface area contributed by atoms with Crippen molar-refractivity contribution in [2.75, 3.05) is 20.1 Å². The van der Waals surface area contributed by atoms with Gasteiger partial charge in [-0.2, -0.15) is 0 Å². The van der Waals surface area contributed by atoms with Gasteiger partial charge in [-0.15, -0.1) is 0 Å². The first-order chi connectivity index (χ1) is 3.36. The molecule has 0 aromatic rings. The maximum Gasteiger partial charge on any atom is 0.000997 e. The Morgan fingerprint density at radius 1 is 1.25 bits per heavy atom. The first-order valence-electron chi connectivity index (χ1n) is 3.05. The Kier molecular flexibility index (Phi) is 1.31. The summed E-state index contributed by atoms with van der Waals surface area (Å²) in [7, 11) is 2.21. The van der Waals surface area contributed by atoms with E-state index in [-0.39, 0.29) is 7.43 Å². The van der Waals surface area contributed by atoms with E-state index in [1.807, 2.05) is 0 Å². The largest absolute Gasteiger partial charge is 0.306 e. The highest BCUT2D eigenvalue weighted by Crippen LogP contribution is 2.43. The van der Waals surface area contributed by atoms with Gasteiger partial charge in [0.2, 0.25) is 0 Å². The first-order valence-corrected chi connectivity index (χ1v) is 3.05. The molecule has 8 heavy (non-hydrogen) atoms. The van der Waals surface area contributed by atoms with Gasteiger partial charge in [-0.1, -0.05) is 7.43 Å². The highest BCUT2D eigenvalue weighted by molar-refractivity contribution is 4.95. The SMILES string of the molecule is C.CN1CC2CC2C1. The molecule has 0 amide bonds. The van der Waals surface area contributed by atoms with E-state index in [1.165, 1.54) is 19.5 Å². The van der Waals surface area contributed by atoms with Gasteiger partial charge >= 0.3 is 0 Å². The van der Waals surface area contributed by atoms with Crippen LogP contribution in [0.2, 0.25) is 0 Å². The summed E-state index contributed by atoms with van der Waals surface area (Å²) in [5.74, 6) is 2.23.